The minimum absolute atomic E-state index is 0.00876. The van der Waals surface area contributed by atoms with E-state index in [4.69, 9.17) is 4.74 Å². The highest BCUT2D eigenvalue weighted by Gasteiger charge is 2.37. The maximum absolute atomic E-state index is 5.59. The summed E-state index contributed by atoms with van der Waals surface area (Å²) in [5.74, 6) is 1.56. The van der Waals surface area contributed by atoms with Crippen LogP contribution in [-0.4, -0.2) is 49.3 Å². The first kappa shape index (κ1) is 14.9. The van der Waals surface area contributed by atoms with Crippen molar-refractivity contribution in [2.75, 3.05) is 18.6 Å². The van der Waals surface area contributed by atoms with Gasteiger partial charge in [0.2, 0.25) is 5.95 Å². The summed E-state index contributed by atoms with van der Waals surface area (Å²) in [4.78, 5) is 15.4. The summed E-state index contributed by atoms with van der Waals surface area (Å²) in [5.41, 5.74) is 2.79. The van der Waals surface area contributed by atoms with Crippen LogP contribution in [0.1, 0.15) is 29.5 Å². The Morgan fingerprint density at radius 3 is 2.88 bits per heavy atom. The highest BCUT2D eigenvalue weighted by Crippen LogP contribution is 2.35. The van der Waals surface area contributed by atoms with Crippen molar-refractivity contribution in [3.05, 3.63) is 41.9 Å². The number of rotatable bonds is 3. The SMILES string of the molecule is CO[C@@H]1C[C@@H](c2nnc3cnccn23)N(c2ncc(C)c(C)n2)C1. The summed E-state index contributed by atoms with van der Waals surface area (Å²) in [7, 11) is 1.73. The lowest BCUT2D eigenvalue weighted by atomic mass is 10.2. The van der Waals surface area contributed by atoms with E-state index in [1.54, 1.807) is 19.5 Å². The summed E-state index contributed by atoms with van der Waals surface area (Å²) < 4.78 is 7.55. The monoisotopic (exact) mass is 325 g/mol. The fourth-order valence-corrected chi connectivity index (χ4v) is 3.09. The van der Waals surface area contributed by atoms with E-state index in [1.165, 1.54) is 0 Å². The van der Waals surface area contributed by atoms with Crippen molar-refractivity contribution >= 4 is 11.6 Å². The summed E-state index contributed by atoms with van der Waals surface area (Å²) in [6, 6.07) is 0.00876. The minimum atomic E-state index is 0.00876. The smallest absolute Gasteiger partial charge is 0.226 e. The molecule has 124 valence electrons. The highest BCUT2D eigenvalue weighted by atomic mass is 16.5. The number of fused-ring (bicyclic) bond motifs is 1. The van der Waals surface area contributed by atoms with Crippen LogP contribution in [0.3, 0.4) is 0 Å². The van der Waals surface area contributed by atoms with Crippen molar-refractivity contribution in [2.45, 2.75) is 32.4 Å². The third kappa shape index (κ3) is 2.39. The molecule has 4 rings (SSSR count). The van der Waals surface area contributed by atoms with Crippen LogP contribution in [-0.2, 0) is 4.74 Å². The van der Waals surface area contributed by atoms with Crippen LogP contribution in [0.4, 0.5) is 5.95 Å². The third-order valence-corrected chi connectivity index (χ3v) is 4.60. The van der Waals surface area contributed by atoms with Gasteiger partial charge in [0.05, 0.1) is 18.3 Å². The Hall–Kier alpha value is -2.61. The Morgan fingerprint density at radius 1 is 1.21 bits per heavy atom. The number of aryl methyl sites for hydroxylation is 2. The molecule has 8 heteroatoms. The molecule has 0 saturated carbocycles. The van der Waals surface area contributed by atoms with Crippen LogP contribution in [0, 0.1) is 13.8 Å². The van der Waals surface area contributed by atoms with Gasteiger partial charge in [0.15, 0.2) is 11.5 Å². The van der Waals surface area contributed by atoms with Crippen LogP contribution in [0.5, 0.6) is 0 Å². The van der Waals surface area contributed by atoms with Crippen LogP contribution < -0.4 is 4.90 Å². The van der Waals surface area contributed by atoms with Gasteiger partial charge in [-0.05, 0) is 19.4 Å². The van der Waals surface area contributed by atoms with E-state index in [-0.39, 0.29) is 12.1 Å². The predicted molar refractivity (Wildman–Crippen MR) is 87.8 cm³/mol. The average Bonchev–Trinajstić information content (AvgIpc) is 3.21. The zero-order valence-corrected chi connectivity index (χ0v) is 13.9. The van der Waals surface area contributed by atoms with Gasteiger partial charge in [0.25, 0.3) is 0 Å². The second kappa shape index (κ2) is 5.79. The molecule has 3 aromatic rings. The van der Waals surface area contributed by atoms with E-state index >= 15 is 0 Å². The average molecular weight is 325 g/mol. The van der Waals surface area contributed by atoms with Gasteiger partial charge in [-0.2, -0.15) is 0 Å². The molecular formula is C16H19N7O. The predicted octanol–water partition coefficient (Wildman–Crippen LogP) is 1.50. The number of hydrogen-bond donors (Lipinski definition) is 0. The molecule has 1 saturated heterocycles. The zero-order valence-electron chi connectivity index (χ0n) is 13.9. The van der Waals surface area contributed by atoms with Crippen LogP contribution >= 0.6 is 0 Å². The van der Waals surface area contributed by atoms with Crippen LogP contribution in [0.2, 0.25) is 0 Å². The fraction of sp³-hybridized carbons (Fsp3) is 0.438. The molecule has 3 aromatic heterocycles. The molecule has 0 bridgehead atoms. The fourth-order valence-electron chi connectivity index (χ4n) is 3.09. The molecule has 4 heterocycles. The van der Waals surface area contributed by atoms with Crippen molar-refractivity contribution in [1.29, 1.82) is 0 Å². The minimum Gasteiger partial charge on any atom is -0.380 e. The van der Waals surface area contributed by atoms with Crippen molar-refractivity contribution in [3.8, 4) is 0 Å². The summed E-state index contributed by atoms with van der Waals surface area (Å²) >= 11 is 0. The van der Waals surface area contributed by atoms with E-state index in [0.717, 1.165) is 35.7 Å². The lowest BCUT2D eigenvalue weighted by molar-refractivity contribution is 0.118. The van der Waals surface area contributed by atoms with Gasteiger partial charge in [-0.3, -0.25) is 9.38 Å². The number of ether oxygens (including phenoxy) is 1. The van der Waals surface area contributed by atoms with Crippen molar-refractivity contribution in [3.63, 3.8) is 0 Å². The van der Waals surface area contributed by atoms with Crippen molar-refractivity contribution in [1.82, 2.24) is 29.5 Å². The van der Waals surface area contributed by atoms with Gasteiger partial charge in [0.1, 0.15) is 0 Å². The van der Waals surface area contributed by atoms with E-state index in [2.05, 4.69) is 30.0 Å². The number of aromatic nitrogens is 6. The molecule has 1 aliphatic rings. The lowest BCUT2D eigenvalue weighted by Gasteiger charge is -2.23. The number of methoxy groups -OCH3 is 1. The first-order valence-electron chi connectivity index (χ1n) is 7.91. The number of hydrogen-bond acceptors (Lipinski definition) is 7. The Balaban J connectivity index is 1.78. The Morgan fingerprint density at radius 2 is 2.08 bits per heavy atom. The Labute approximate surface area is 139 Å². The van der Waals surface area contributed by atoms with Crippen LogP contribution in [0.15, 0.2) is 24.8 Å². The molecular weight excluding hydrogens is 306 g/mol. The van der Waals surface area contributed by atoms with Gasteiger partial charge in [-0.15, -0.1) is 10.2 Å². The quantitative estimate of drug-likeness (QED) is 0.721. The number of anilines is 1. The van der Waals surface area contributed by atoms with E-state index in [0.29, 0.717) is 5.95 Å². The van der Waals surface area contributed by atoms with Gasteiger partial charge in [-0.1, -0.05) is 0 Å². The summed E-state index contributed by atoms with van der Waals surface area (Å²) in [6.45, 7) is 4.73. The second-order valence-electron chi connectivity index (χ2n) is 6.06. The van der Waals surface area contributed by atoms with Gasteiger partial charge in [0, 0.05) is 44.4 Å². The standard InChI is InChI=1S/C16H19N7O/c1-10-7-18-16(19-11(10)2)23-9-12(24-3)6-13(23)15-21-20-14-8-17-4-5-22(14)15/h4-5,7-8,12-13H,6,9H2,1-3H3/t12-,13+/m1/s1. The van der Waals surface area contributed by atoms with Gasteiger partial charge < -0.3 is 9.64 Å². The largest absolute Gasteiger partial charge is 0.380 e. The maximum Gasteiger partial charge on any atom is 0.226 e. The van der Waals surface area contributed by atoms with Crippen LogP contribution in [0.25, 0.3) is 5.65 Å². The first-order valence-corrected chi connectivity index (χ1v) is 7.91. The molecule has 2 atom stereocenters. The molecule has 0 N–H and O–H groups in total. The normalized spacial score (nSPS) is 20.9. The Bertz CT molecular complexity index is 878. The maximum atomic E-state index is 5.59. The molecule has 0 spiro atoms. The third-order valence-electron chi connectivity index (χ3n) is 4.60. The molecule has 0 radical (unpaired) electrons. The lowest BCUT2D eigenvalue weighted by Crippen LogP contribution is -2.28. The molecule has 24 heavy (non-hydrogen) atoms. The molecule has 1 fully saturated rings. The molecule has 8 nitrogen and oxygen atoms in total. The topological polar surface area (TPSA) is 81.3 Å². The molecule has 0 amide bonds. The zero-order chi connectivity index (χ0) is 16.7. The van der Waals surface area contributed by atoms with Crippen molar-refractivity contribution < 1.29 is 4.74 Å². The van der Waals surface area contributed by atoms with Crippen molar-refractivity contribution in [2.24, 2.45) is 0 Å². The van der Waals surface area contributed by atoms with E-state index in [1.807, 2.05) is 30.6 Å². The molecule has 1 aliphatic heterocycles. The van der Waals surface area contributed by atoms with E-state index in [9.17, 15) is 0 Å². The highest BCUT2D eigenvalue weighted by molar-refractivity contribution is 5.41. The molecule has 0 aromatic carbocycles. The Kier molecular flexibility index (Phi) is 3.61. The van der Waals surface area contributed by atoms with E-state index < -0.39 is 0 Å². The van der Waals surface area contributed by atoms with Gasteiger partial charge >= 0.3 is 0 Å². The molecule has 0 unspecified atom stereocenters. The first-order chi connectivity index (χ1) is 11.7. The second-order valence-corrected chi connectivity index (χ2v) is 6.06. The number of nitrogens with zero attached hydrogens (tertiary/aromatic N) is 7. The molecule has 0 aliphatic carbocycles. The summed E-state index contributed by atoms with van der Waals surface area (Å²) in [5, 5.41) is 8.60. The van der Waals surface area contributed by atoms with Gasteiger partial charge in [-0.25, -0.2) is 9.97 Å². The summed E-state index contributed by atoms with van der Waals surface area (Å²) in [6.07, 6.45) is 8.10.